The Morgan fingerprint density at radius 3 is 2.57 bits per heavy atom. The third kappa shape index (κ3) is 4.39. The average Bonchev–Trinajstić information content (AvgIpc) is 2.47. The van der Waals surface area contributed by atoms with Crippen molar-refractivity contribution in [3.63, 3.8) is 0 Å². The maximum Gasteiger partial charge on any atom is 0.326 e. The number of carbonyl (C=O) groups excluding carboxylic acids is 1. The molecule has 6 heteroatoms. The highest BCUT2D eigenvalue weighted by molar-refractivity contribution is 9.10. The van der Waals surface area contributed by atoms with Crippen LogP contribution in [0.5, 0.6) is 0 Å². The molecule has 1 aromatic heterocycles. The predicted octanol–water partition coefficient (Wildman–Crippen LogP) is 2.27. The van der Waals surface area contributed by atoms with E-state index in [1.54, 1.807) is 12.3 Å². The Balaban J connectivity index is 2.10. The molecule has 2 aromatic rings. The van der Waals surface area contributed by atoms with Crippen molar-refractivity contribution in [1.82, 2.24) is 10.3 Å². The highest BCUT2D eigenvalue weighted by Gasteiger charge is 2.21. The standard InChI is InChI=1S/C15H13BrN2O3/c16-12-7-11(8-17-9-12)14(19)18-13(15(20)21)6-10-4-2-1-3-5-10/h1-5,7-9,13H,6H2,(H,18,19)(H,20,21)/t13-/m1/s1. The van der Waals surface area contributed by atoms with E-state index < -0.39 is 17.9 Å². The molecule has 5 nitrogen and oxygen atoms in total. The van der Waals surface area contributed by atoms with E-state index in [4.69, 9.17) is 0 Å². The third-order valence-corrected chi connectivity index (χ3v) is 3.29. The van der Waals surface area contributed by atoms with Crippen molar-refractivity contribution in [1.29, 1.82) is 0 Å². The summed E-state index contributed by atoms with van der Waals surface area (Å²) in [6, 6.07) is 9.75. The Hall–Kier alpha value is -2.21. The van der Waals surface area contributed by atoms with Crippen LogP contribution in [-0.4, -0.2) is 28.0 Å². The molecule has 0 spiro atoms. The summed E-state index contributed by atoms with van der Waals surface area (Å²) in [7, 11) is 0. The highest BCUT2D eigenvalue weighted by Crippen LogP contribution is 2.10. The van der Waals surface area contributed by atoms with Gasteiger partial charge in [0.15, 0.2) is 0 Å². The lowest BCUT2D eigenvalue weighted by Gasteiger charge is -2.14. The molecule has 2 rings (SSSR count). The van der Waals surface area contributed by atoms with E-state index in [1.807, 2.05) is 30.3 Å². The number of aliphatic carboxylic acids is 1. The molecular weight excluding hydrogens is 336 g/mol. The van der Waals surface area contributed by atoms with Gasteiger partial charge in [-0.25, -0.2) is 4.79 Å². The van der Waals surface area contributed by atoms with E-state index >= 15 is 0 Å². The molecule has 0 aliphatic carbocycles. The fourth-order valence-electron chi connectivity index (χ4n) is 1.83. The number of carboxylic acids is 1. The topological polar surface area (TPSA) is 79.3 Å². The van der Waals surface area contributed by atoms with Crippen molar-refractivity contribution in [3.8, 4) is 0 Å². The number of hydrogen-bond acceptors (Lipinski definition) is 3. The first kappa shape index (κ1) is 15.2. The largest absolute Gasteiger partial charge is 0.480 e. The summed E-state index contributed by atoms with van der Waals surface area (Å²) >= 11 is 3.22. The van der Waals surface area contributed by atoms with Gasteiger partial charge in [0, 0.05) is 23.3 Å². The maximum absolute atomic E-state index is 12.1. The Morgan fingerprint density at radius 2 is 1.95 bits per heavy atom. The molecule has 0 fully saturated rings. The summed E-state index contributed by atoms with van der Waals surface area (Å²) in [5, 5.41) is 11.8. The number of carbonyl (C=O) groups is 2. The first-order valence-corrected chi connectivity index (χ1v) is 7.03. The molecule has 0 aliphatic rings. The Bertz CT molecular complexity index is 646. The Kier molecular flexibility index (Phi) is 5.05. The van der Waals surface area contributed by atoms with Crippen molar-refractivity contribution in [2.75, 3.05) is 0 Å². The van der Waals surface area contributed by atoms with Crippen LogP contribution in [0.15, 0.2) is 53.3 Å². The van der Waals surface area contributed by atoms with E-state index in [1.165, 1.54) is 6.20 Å². The SMILES string of the molecule is O=C(N[C@H](Cc1ccccc1)C(=O)O)c1cncc(Br)c1. The van der Waals surface area contributed by atoms with Crippen molar-refractivity contribution in [2.45, 2.75) is 12.5 Å². The van der Waals surface area contributed by atoms with Gasteiger partial charge in [0.1, 0.15) is 6.04 Å². The monoisotopic (exact) mass is 348 g/mol. The molecule has 1 aromatic carbocycles. The number of benzene rings is 1. The molecule has 0 bridgehead atoms. The number of nitrogens with one attached hydrogen (secondary N) is 1. The van der Waals surface area contributed by atoms with Gasteiger partial charge in [-0.2, -0.15) is 0 Å². The van der Waals surface area contributed by atoms with Gasteiger partial charge in [-0.15, -0.1) is 0 Å². The van der Waals surface area contributed by atoms with Gasteiger partial charge in [-0.05, 0) is 27.6 Å². The molecule has 0 aliphatic heterocycles. The molecule has 0 saturated heterocycles. The summed E-state index contributed by atoms with van der Waals surface area (Å²) in [5.41, 5.74) is 1.15. The minimum absolute atomic E-state index is 0.226. The number of hydrogen-bond donors (Lipinski definition) is 2. The summed E-state index contributed by atoms with van der Waals surface area (Å²) in [4.78, 5) is 27.3. The molecule has 2 N–H and O–H groups in total. The molecule has 0 saturated carbocycles. The number of rotatable bonds is 5. The second-order valence-corrected chi connectivity index (χ2v) is 5.36. The molecule has 1 heterocycles. The minimum Gasteiger partial charge on any atom is -0.480 e. The maximum atomic E-state index is 12.1. The van der Waals surface area contributed by atoms with Gasteiger partial charge >= 0.3 is 5.97 Å². The molecule has 108 valence electrons. The van der Waals surface area contributed by atoms with E-state index in [2.05, 4.69) is 26.2 Å². The van der Waals surface area contributed by atoms with Crippen molar-refractivity contribution < 1.29 is 14.7 Å². The van der Waals surface area contributed by atoms with Gasteiger partial charge in [0.05, 0.1) is 5.56 Å². The second kappa shape index (κ2) is 6.99. The fraction of sp³-hybridized carbons (Fsp3) is 0.133. The number of carboxylic acid groups (broad SMARTS) is 1. The molecular formula is C15H13BrN2O3. The van der Waals surface area contributed by atoms with Crippen molar-refractivity contribution >= 4 is 27.8 Å². The smallest absolute Gasteiger partial charge is 0.326 e. The fourth-order valence-corrected chi connectivity index (χ4v) is 2.19. The number of amides is 1. The molecule has 1 atom stereocenters. The molecule has 0 unspecified atom stereocenters. The van der Waals surface area contributed by atoms with Crippen LogP contribution in [0.4, 0.5) is 0 Å². The third-order valence-electron chi connectivity index (χ3n) is 2.85. The number of nitrogens with zero attached hydrogens (tertiary/aromatic N) is 1. The number of pyridine rings is 1. The Morgan fingerprint density at radius 1 is 1.24 bits per heavy atom. The zero-order chi connectivity index (χ0) is 15.2. The van der Waals surface area contributed by atoms with Crippen LogP contribution in [0, 0.1) is 0 Å². The zero-order valence-corrected chi connectivity index (χ0v) is 12.6. The molecule has 1 amide bonds. The summed E-state index contributed by atoms with van der Waals surface area (Å²) in [5.74, 6) is -1.54. The van der Waals surface area contributed by atoms with Crippen LogP contribution in [-0.2, 0) is 11.2 Å². The molecule has 21 heavy (non-hydrogen) atoms. The van der Waals surface area contributed by atoms with Crippen molar-refractivity contribution in [2.24, 2.45) is 0 Å². The van der Waals surface area contributed by atoms with Crippen LogP contribution >= 0.6 is 15.9 Å². The van der Waals surface area contributed by atoms with Gasteiger partial charge in [0.2, 0.25) is 0 Å². The van der Waals surface area contributed by atoms with Crippen LogP contribution < -0.4 is 5.32 Å². The van der Waals surface area contributed by atoms with Gasteiger partial charge in [-0.1, -0.05) is 30.3 Å². The number of aromatic nitrogens is 1. The van der Waals surface area contributed by atoms with E-state index in [-0.39, 0.29) is 6.42 Å². The first-order chi connectivity index (χ1) is 10.1. The lowest BCUT2D eigenvalue weighted by molar-refractivity contribution is -0.139. The zero-order valence-electron chi connectivity index (χ0n) is 11.0. The molecule has 0 radical (unpaired) electrons. The quantitative estimate of drug-likeness (QED) is 0.868. The summed E-state index contributed by atoms with van der Waals surface area (Å²) in [6.45, 7) is 0. The van der Waals surface area contributed by atoms with Gasteiger partial charge < -0.3 is 10.4 Å². The van der Waals surface area contributed by atoms with Crippen LogP contribution in [0.3, 0.4) is 0 Å². The first-order valence-electron chi connectivity index (χ1n) is 6.24. The lowest BCUT2D eigenvalue weighted by atomic mass is 10.1. The minimum atomic E-state index is -1.07. The predicted molar refractivity (Wildman–Crippen MR) is 81.0 cm³/mol. The van der Waals surface area contributed by atoms with Crippen LogP contribution in [0.1, 0.15) is 15.9 Å². The summed E-state index contributed by atoms with van der Waals surface area (Å²) in [6.07, 6.45) is 3.17. The number of halogens is 1. The van der Waals surface area contributed by atoms with E-state index in [0.717, 1.165) is 5.56 Å². The van der Waals surface area contributed by atoms with E-state index in [9.17, 15) is 14.7 Å². The average molecular weight is 349 g/mol. The highest BCUT2D eigenvalue weighted by atomic mass is 79.9. The van der Waals surface area contributed by atoms with Crippen molar-refractivity contribution in [3.05, 3.63) is 64.4 Å². The van der Waals surface area contributed by atoms with Crippen LogP contribution in [0.2, 0.25) is 0 Å². The lowest BCUT2D eigenvalue weighted by Crippen LogP contribution is -2.42. The van der Waals surface area contributed by atoms with Crippen LogP contribution in [0.25, 0.3) is 0 Å². The normalized spacial score (nSPS) is 11.7. The van der Waals surface area contributed by atoms with E-state index in [0.29, 0.717) is 10.0 Å². The summed E-state index contributed by atoms with van der Waals surface area (Å²) < 4.78 is 0.657. The van der Waals surface area contributed by atoms with Gasteiger partial charge in [-0.3, -0.25) is 9.78 Å². The van der Waals surface area contributed by atoms with Gasteiger partial charge in [0.25, 0.3) is 5.91 Å². The second-order valence-electron chi connectivity index (χ2n) is 4.45. The Labute approximate surface area is 130 Å².